The zero-order valence-electron chi connectivity index (χ0n) is 13.9. The maximum Gasteiger partial charge on any atom is 0.243 e. The summed E-state index contributed by atoms with van der Waals surface area (Å²) in [6, 6.07) is -0.567. The number of hydrogen-bond acceptors (Lipinski definition) is 3. The molecule has 1 fully saturated rings. The number of hydrogen-bond donors (Lipinski definition) is 3. The van der Waals surface area contributed by atoms with Gasteiger partial charge in [0.2, 0.25) is 17.7 Å². The van der Waals surface area contributed by atoms with Crippen molar-refractivity contribution < 1.29 is 14.4 Å². The van der Waals surface area contributed by atoms with E-state index in [2.05, 4.69) is 16.0 Å². The molecule has 0 saturated heterocycles. The van der Waals surface area contributed by atoms with Gasteiger partial charge in [0.1, 0.15) is 6.04 Å². The Hall–Kier alpha value is -1.59. The van der Waals surface area contributed by atoms with Crippen molar-refractivity contribution in [2.45, 2.75) is 58.9 Å². The van der Waals surface area contributed by atoms with E-state index in [1.807, 2.05) is 20.8 Å². The third-order valence-corrected chi connectivity index (χ3v) is 3.86. The average molecular weight is 311 g/mol. The van der Waals surface area contributed by atoms with E-state index < -0.39 is 6.04 Å². The Labute approximate surface area is 132 Å². The largest absolute Gasteiger partial charge is 0.355 e. The number of carbonyl (C=O) groups is 3. The molecule has 0 aromatic rings. The number of rotatable bonds is 8. The second-order valence-electron chi connectivity index (χ2n) is 6.34. The SMILES string of the molecule is CCNC(=O)CNC(=O)[C@H](CC(C)C)NC(=O)C1CCCC1. The van der Waals surface area contributed by atoms with Gasteiger partial charge in [-0.05, 0) is 32.1 Å². The van der Waals surface area contributed by atoms with Crippen molar-refractivity contribution in [1.82, 2.24) is 16.0 Å². The fourth-order valence-electron chi connectivity index (χ4n) is 2.73. The van der Waals surface area contributed by atoms with Crippen LogP contribution >= 0.6 is 0 Å². The predicted octanol–water partition coefficient (Wildman–Crippen LogP) is 0.960. The van der Waals surface area contributed by atoms with E-state index in [-0.39, 0.29) is 36.1 Å². The minimum absolute atomic E-state index is 0.0312. The standard InChI is InChI=1S/C16H29N3O3/c1-4-17-14(20)10-18-16(22)13(9-11(2)3)19-15(21)12-7-5-6-8-12/h11-13H,4-10H2,1-3H3,(H,17,20)(H,18,22)(H,19,21)/t13-/m0/s1. The molecule has 0 unspecified atom stereocenters. The summed E-state index contributed by atoms with van der Waals surface area (Å²) < 4.78 is 0. The quantitative estimate of drug-likeness (QED) is 0.624. The zero-order valence-corrected chi connectivity index (χ0v) is 13.9. The van der Waals surface area contributed by atoms with Gasteiger partial charge in [0, 0.05) is 12.5 Å². The van der Waals surface area contributed by atoms with Crippen LogP contribution in [0.1, 0.15) is 52.9 Å². The summed E-state index contributed by atoms with van der Waals surface area (Å²) in [7, 11) is 0. The summed E-state index contributed by atoms with van der Waals surface area (Å²) in [4.78, 5) is 35.9. The Kier molecular flexibility index (Phi) is 7.91. The van der Waals surface area contributed by atoms with Crippen molar-refractivity contribution in [3.05, 3.63) is 0 Å². The van der Waals surface area contributed by atoms with Gasteiger partial charge in [0.15, 0.2) is 0 Å². The molecule has 1 aliphatic carbocycles. The summed E-state index contributed by atoms with van der Waals surface area (Å²) in [5.41, 5.74) is 0. The van der Waals surface area contributed by atoms with Crippen LogP contribution in [0.4, 0.5) is 0 Å². The maximum atomic E-state index is 12.2. The van der Waals surface area contributed by atoms with Gasteiger partial charge in [-0.1, -0.05) is 26.7 Å². The first-order chi connectivity index (χ1) is 10.4. The molecular weight excluding hydrogens is 282 g/mol. The minimum Gasteiger partial charge on any atom is -0.355 e. The smallest absolute Gasteiger partial charge is 0.243 e. The molecule has 0 aromatic heterocycles. The van der Waals surface area contributed by atoms with Crippen LogP contribution in [-0.4, -0.2) is 36.9 Å². The lowest BCUT2D eigenvalue weighted by atomic mass is 10.0. The van der Waals surface area contributed by atoms with E-state index in [1.165, 1.54) is 0 Å². The first-order valence-corrected chi connectivity index (χ1v) is 8.28. The summed E-state index contributed by atoms with van der Waals surface area (Å²) in [5, 5.41) is 8.09. The molecule has 3 N–H and O–H groups in total. The molecule has 3 amide bonds. The molecule has 1 saturated carbocycles. The first-order valence-electron chi connectivity index (χ1n) is 8.28. The number of carbonyl (C=O) groups excluding carboxylic acids is 3. The molecule has 1 aliphatic rings. The molecule has 0 aliphatic heterocycles. The van der Waals surface area contributed by atoms with Crippen molar-refractivity contribution >= 4 is 17.7 Å². The minimum atomic E-state index is -0.567. The van der Waals surface area contributed by atoms with E-state index in [9.17, 15) is 14.4 Å². The lowest BCUT2D eigenvalue weighted by Crippen LogP contribution is -2.50. The summed E-state index contributed by atoms with van der Waals surface area (Å²) in [6.07, 6.45) is 4.54. The Morgan fingerprint density at radius 2 is 1.73 bits per heavy atom. The molecule has 1 atom stereocenters. The van der Waals surface area contributed by atoms with Gasteiger partial charge < -0.3 is 16.0 Å². The number of amides is 3. The summed E-state index contributed by atoms with van der Waals surface area (Å²) >= 11 is 0. The summed E-state index contributed by atoms with van der Waals surface area (Å²) in [6.45, 7) is 6.31. The Morgan fingerprint density at radius 3 is 2.27 bits per heavy atom. The number of nitrogens with one attached hydrogen (secondary N) is 3. The highest BCUT2D eigenvalue weighted by molar-refractivity contribution is 5.91. The van der Waals surface area contributed by atoms with E-state index in [0.29, 0.717) is 13.0 Å². The molecule has 0 heterocycles. The molecule has 0 aromatic carbocycles. The Morgan fingerprint density at radius 1 is 1.09 bits per heavy atom. The molecule has 0 spiro atoms. The van der Waals surface area contributed by atoms with Crippen LogP contribution in [0.3, 0.4) is 0 Å². The third-order valence-electron chi connectivity index (χ3n) is 3.86. The van der Waals surface area contributed by atoms with E-state index in [1.54, 1.807) is 0 Å². The molecule has 6 heteroatoms. The third kappa shape index (κ3) is 6.45. The van der Waals surface area contributed by atoms with Gasteiger partial charge in [-0.25, -0.2) is 0 Å². The molecular formula is C16H29N3O3. The van der Waals surface area contributed by atoms with Crippen molar-refractivity contribution in [2.24, 2.45) is 11.8 Å². The predicted molar refractivity (Wildman–Crippen MR) is 85.0 cm³/mol. The highest BCUT2D eigenvalue weighted by atomic mass is 16.2. The van der Waals surface area contributed by atoms with Crippen LogP contribution in [0.15, 0.2) is 0 Å². The van der Waals surface area contributed by atoms with Gasteiger partial charge in [-0.2, -0.15) is 0 Å². The van der Waals surface area contributed by atoms with Crippen molar-refractivity contribution in [3.8, 4) is 0 Å². The van der Waals surface area contributed by atoms with E-state index in [0.717, 1.165) is 25.7 Å². The second kappa shape index (κ2) is 9.43. The van der Waals surface area contributed by atoms with Crippen LogP contribution < -0.4 is 16.0 Å². The Balaban J connectivity index is 2.52. The van der Waals surface area contributed by atoms with Crippen molar-refractivity contribution in [2.75, 3.05) is 13.1 Å². The molecule has 22 heavy (non-hydrogen) atoms. The van der Waals surface area contributed by atoms with Gasteiger partial charge in [-0.3, -0.25) is 14.4 Å². The van der Waals surface area contributed by atoms with Crippen LogP contribution in [0.2, 0.25) is 0 Å². The number of likely N-dealkylation sites (N-methyl/N-ethyl adjacent to an activating group) is 1. The van der Waals surface area contributed by atoms with E-state index in [4.69, 9.17) is 0 Å². The average Bonchev–Trinajstić information content (AvgIpc) is 2.98. The summed E-state index contributed by atoms with van der Waals surface area (Å²) in [5.74, 6) is -0.223. The van der Waals surface area contributed by atoms with E-state index >= 15 is 0 Å². The second-order valence-corrected chi connectivity index (χ2v) is 6.34. The van der Waals surface area contributed by atoms with Crippen LogP contribution in [0.25, 0.3) is 0 Å². The molecule has 0 radical (unpaired) electrons. The topological polar surface area (TPSA) is 87.3 Å². The lowest BCUT2D eigenvalue weighted by Gasteiger charge is -2.21. The van der Waals surface area contributed by atoms with Gasteiger partial charge in [0.25, 0.3) is 0 Å². The van der Waals surface area contributed by atoms with Crippen molar-refractivity contribution in [3.63, 3.8) is 0 Å². The zero-order chi connectivity index (χ0) is 16.5. The molecule has 6 nitrogen and oxygen atoms in total. The monoisotopic (exact) mass is 311 g/mol. The Bertz CT molecular complexity index is 390. The van der Waals surface area contributed by atoms with Crippen LogP contribution in [0, 0.1) is 11.8 Å². The molecule has 126 valence electrons. The van der Waals surface area contributed by atoms with Crippen molar-refractivity contribution in [1.29, 1.82) is 0 Å². The fourth-order valence-corrected chi connectivity index (χ4v) is 2.73. The molecule has 0 bridgehead atoms. The normalized spacial score (nSPS) is 16.4. The first kappa shape index (κ1) is 18.5. The van der Waals surface area contributed by atoms with Gasteiger partial charge in [-0.15, -0.1) is 0 Å². The van der Waals surface area contributed by atoms with Gasteiger partial charge >= 0.3 is 0 Å². The highest BCUT2D eigenvalue weighted by Crippen LogP contribution is 2.25. The van der Waals surface area contributed by atoms with Crippen LogP contribution in [0.5, 0.6) is 0 Å². The fraction of sp³-hybridized carbons (Fsp3) is 0.812. The highest BCUT2D eigenvalue weighted by Gasteiger charge is 2.28. The van der Waals surface area contributed by atoms with Crippen LogP contribution in [-0.2, 0) is 14.4 Å². The molecule has 1 rings (SSSR count). The lowest BCUT2D eigenvalue weighted by molar-refractivity contribution is -0.132. The maximum absolute atomic E-state index is 12.2. The van der Waals surface area contributed by atoms with Gasteiger partial charge in [0.05, 0.1) is 6.54 Å².